The third-order valence-electron chi connectivity index (χ3n) is 3.86. The van der Waals surface area contributed by atoms with Gasteiger partial charge in [-0.3, -0.25) is 4.79 Å². The Morgan fingerprint density at radius 2 is 1.97 bits per heavy atom. The minimum absolute atomic E-state index is 0.152. The van der Waals surface area contributed by atoms with Crippen LogP contribution in [-0.4, -0.2) is 38.0 Å². The number of halogens is 1. The molecule has 0 fully saturated rings. The van der Waals surface area contributed by atoms with E-state index in [0.29, 0.717) is 23.5 Å². The Morgan fingerprint density at radius 3 is 2.62 bits per heavy atom. The van der Waals surface area contributed by atoms with Crippen LogP contribution >= 0.6 is 27.7 Å². The topological polar surface area (TPSA) is 81.9 Å². The molecule has 7 nitrogen and oxygen atoms in total. The number of nitrogens with one attached hydrogen (secondary N) is 1. The lowest BCUT2D eigenvalue weighted by Crippen LogP contribution is -2.15. The molecule has 152 valence electrons. The van der Waals surface area contributed by atoms with Crippen molar-refractivity contribution in [3.05, 3.63) is 47.1 Å². The third-order valence-corrected chi connectivity index (χ3v) is 5.35. The highest BCUT2D eigenvalue weighted by Crippen LogP contribution is 2.25. The van der Waals surface area contributed by atoms with Gasteiger partial charge in [-0.25, -0.2) is 4.98 Å². The van der Waals surface area contributed by atoms with Crippen molar-refractivity contribution in [3.63, 3.8) is 0 Å². The molecule has 0 aliphatic rings. The summed E-state index contributed by atoms with van der Waals surface area (Å²) in [6.45, 7) is 4.91. The molecule has 3 rings (SSSR count). The van der Waals surface area contributed by atoms with Crippen molar-refractivity contribution >= 4 is 39.4 Å². The summed E-state index contributed by atoms with van der Waals surface area (Å²) in [5.74, 6) is 2.62. The lowest BCUT2D eigenvalue weighted by atomic mass is 10.2. The molecule has 1 N–H and O–H groups in total. The van der Waals surface area contributed by atoms with Crippen molar-refractivity contribution in [2.75, 3.05) is 17.7 Å². The van der Waals surface area contributed by atoms with Gasteiger partial charge >= 0.3 is 0 Å². The fraction of sp³-hybridized carbons (Fsp3) is 0.300. The molecule has 0 aliphatic heterocycles. The number of benzene rings is 1. The number of aromatic nitrogens is 4. The van der Waals surface area contributed by atoms with Gasteiger partial charge < -0.3 is 14.6 Å². The van der Waals surface area contributed by atoms with Crippen LogP contribution in [0.25, 0.3) is 11.4 Å². The molecule has 2 heterocycles. The number of pyridine rings is 1. The van der Waals surface area contributed by atoms with Crippen LogP contribution in [0.5, 0.6) is 5.75 Å². The first-order chi connectivity index (χ1) is 13.9. The summed E-state index contributed by atoms with van der Waals surface area (Å²) in [6, 6.07) is 11.3. The molecule has 0 aliphatic carbocycles. The van der Waals surface area contributed by atoms with E-state index in [2.05, 4.69) is 50.3 Å². The minimum Gasteiger partial charge on any atom is -0.493 e. The molecule has 3 aromatic rings. The van der Waals surface area contributed by atoms with Crippen molar-refractivity contribution in [3.8, 4) is 17.1 Å². The quantitative estimate of drug-likeness (QED) is 0.486. The summed E-state index contributed by atoms with van der Waals surface area (Å²) in [5.41, 5.74) is 0.937. The van der Waals surface area contributed by atoms with Crippen LogP contribution in [0, 0.1) is 5.92 Å². The Kier molecular flexibility index (Phi) is 7.27. The molecular formula is C20H22BrN5O2S. The number of hydrogen-bond donors (Lipinski definition) is 1. The summed E-state index contributed by atoms with van der Waals surface area (Å²) in [5, 5.41) is 11.9. The average Bonchev–Trinajstić information content (AvgIpc) is 3.07. The first kappa shape index (κ1) is 21.3. The van der Waals surface area contributed by atoms with Crippen LogP contribution < -0.4 is 10.1 Å². The monoisotopic (exact) mass is 475 g/mol. The van der Waals surface area contributed by atoms with Gasteiger partial charge in [0, 0.05) is 23.3 Å². The fourth-order valence-electron chi connectivity index (χ4n) is 2.41. The molecule has 0 atom stereocenters. The Labute approximate surface area is 182 Å². The van der Waals surface area contributed by atoms with Gasteiger partial charge in [0.05, 0.1) is 12.4 Å². The molecule has 0 radical (unpaired) electrons. The van der Waals surface area contributed by atoms with Crippen molar-refractivity contribution in [2.45, 2.75) is 19.0 Å². The van der Waals surface area contributed by atoms with Gasteiger partial charge in [-0.15, -0.1) is 10.2 Å². The Hall–Kier alpha value is -2.39. The number of carbonyl (C=O) groups is 1. The van der Waals surface area contributed by atoms with Crippen molar-refractivity contribution in [1.82, 2.24) is 19.7 Å². The Balaban J connectivity index is 1.58. The number of thioether (sulfide) groups is 1. The van der Waals surface area contributed by atoms with Crippen LogP contribution in [0.1, 0.15) is 13.8 Å². The summed E-state index contributed by atoms with van der Waals surface area (Å²) in [6.07, 6.45) is 1.64. The molecule has 0 spiro atoms. The molecule has 1 amide bonds. The molecule has 0 saturated carbocycles. The summed E-state index contributed by atoms with van der Waals surface area (Å²) in [4.78, 5) is 16.3. The number of hydrogen-bond acceptors (Lipinski definition) is 6. The normalized spacial score (nSPS) is 10.9. The summed E-state index contributed by atoms with van der Waals surface area (Å²) >= 11 is 4.64. The molecule has 0 bridgehead atoms. The number of carbonyl (C=O) groups excluding carboxylic acids is 1. The zero-order valence-electron chi connectivity index (χ0n) is 16.4. The van der Waals surface area contributed by atoms with Crippen LogP contribution in [0.2, 0.25) is 0 Å². The second-order valence-electron chi connectivity index (χ2n) is 6.79. The van der Waals surface area contributed by atoms with Crippen molar-refractivity contribution in [1.29, 1.82) is 0 Å². The standard InChI is InChI=1S/C20H22BrN5O2S/c1-13(2)11-28-16-7-4-14(5-8-16)19-24-25-20(26(19)3)29-12-18(27)23-17-9-6-15(21)10-22-17/h4-10,13H,11-12H2,1-3H3,(H,22,23,27). The molecule has 0 unspecified atom stereocenters. The zero-order valence-corrected chi connectivity index (χ0v) is 18.8. The predicted molar refractivity (Wildman–Crippen MR) is 118 cm³/mol. The molecule has 1 aromatic carbocycles. The molecule has 29 heavy (non-hydrogen) atoms. The number of amides is 1. The number of anilines is 1. The van der Waals surface area contributed by atoms with E-state index in [9.17, 15) is 4.79 Å². The van der Waals surface area contributed by atoms with Gasteiger partial charge in [0.15, 0.2) is 11.0 Å². The second-order valence-corrected chi connectivity index (χ2v) is 8.65. The zero-order chi connectivity index (χ0) is 20.8. The summed E-state index contributed by atoms with van der Waals surface area (Å²) < 4.78 is 8.45. The number of nitrogens with zero attached hydrogens (tertiary/aromatic N) is 4. The van der Waals surface area contributed by atoms with E-state index >= 15 is 0 Å². The molecule has 0 saturated heterocycles. The predicted octanol–water partition coefficient (Wildman–Crippen LogP) is 4.41. The average molecular weight is 476 g/mol. The van der Waals surface area contributed by atoms with Crippen LogP contribution in [0.4, 0.5) is 5.82 Å². The van der Waals surface area contributed by atoms with E-state index in [-0.39, 0.29) is 11.7 Å². The maximum Gasteiger partial charge on any atom is 0.236 e. The lowest BCUT2D eigenvalue weighted by Gasteiger charge is -2.09. The van der Waals surface area contributed by atoms with Gasteiger partial charge in [0.2, 0.25) is 5.91 Å². The third kappa shape index (κ3) is 6.04. The van der Waals surface area contributed by atoms with E-state index in [1.54, 1.807) is 12.3 Å². The van der Waals surface area contributed by atoms with Gasteiger partial charge in [-0.2, -0.15) is 0 Å². The summed E-state index contributed by atoms with van der Waals surface area (Å²) in [7, 11) is 1.88. The first-order valence-corrected chi connectivity index (χ1v) is 10.9. The van der Waals surface area contributed by atoms with E-state index in [1.165, 1.54) is 11.8 Å². The van der Waals surface area contributed by atoms with Crippen LogP contribution in [-0.2, 0) is 11.8 Å². The highest BCUT2D eigenvalue weighted by molar-refractivity contribution is 9.10. The van der Waals surface area contributed by atoms with Gasteiger partial charge in [-0.05, 0) is 58.2 Å². The lowest BCUT2D eigenvalue weighted by molar-refractivity contribution is -0.113. The van der Waals surface area contributed by atoms with Crippen molar-refractivity contribution in [2.24, 2.45) is 13.0 Å². The van der Waals surface area contributed by atoms with Crippen molar-refractivity contribution < 1.29 is 9.53 Å². The maximum atomic E-state index is 12.2. The van der Waals surface area contributed by atoms with E-state index in [1.807, 2.05) is 41.9 Å². The smallest absolute Gasteiger partial charge is 0.236 e. The number of rotatable bonds is 8. The Bertz CT molecular complexity index is 958. The molecular weight excluding hydrogens is 454 g/mol. The largest absolute Gasteiger partial charge is 0.493 e. The van der Waals surface area contributed by atoms with Crippen LogP contribution in [0.3, 0.4) is 0 Å². The minimum atomic E-state index is -0.152. The highest BCUT2D eigenvalue weighted by atomic mass is 79.9. The highest BCUT2D eigenvalue weighted by Gasteiger charge is 2.13. The second kappa shape index (κ2) is 9.89. The van der Waals surface area contributed by atoms with Crippen LogP contribution in [0.15, 0.2) is 52.2 Å². The van der Waals surface area contributed by atoms with Gasteiger partial charge in [-0.1, -0.05) is 25.6 Å². The molecule has 2 aromatic heterocycles. The maximum absolute atomic E-state index is 12.2. The van der Waals surface area contributed by atoms with E-state index in [0.717, 1.165) is 21.6 Å². The molecule has 9 heteroatoms. The number of ether oxygens (including phenoxy) is 1. The van der Waals surface area contributed by atoms with Gasteiger partial charge in [0.1, 0.15) is 11.6 Å². The van der Waals surface area contributed by atoms with E-state index in [4.69, 9.17) is 4.74 Å². The Morgan fingerprint density at radius 1 is 1.21 bits per heavy atom. The SMILES string of the molecule is CC(C)COc1ccc(-c2nnc(SCC(=O)Nc3ccc(Br)cn3)n2C)cc1. The first-order valence-electron chi connectivity index (χ1n) is 9.09. The fourth-order valence-corrected chi connectivity index (χ4v) is 3.36. The van der Waals surface area contributed by atoms with E-state index < -0.39 is 0 Å². The van der Waals surface area contributed by atoms with Gasteiger partial charge in [0.25, 0.3) is 0 Å².